The van der Waals surface area contributed by atoms with Crippen molar-refractivity contribution in [3.05, 3.63) is 58.7 Å². The lowest BCUT2D eigenvalue weighted by Crippen LogP contribution is -2.18. The van der Waals surface area contributed by atoms with Crippen molar-refractivity contribution >= 4 is 5.97 Å². The molecule has 0 aromatic heterocycles. The van der Waals surface area contributed by atoms with E-state index in [-0.39, 0.29) is 11.4 Å². The summed E-state index contributed by atoms with van der Waals surface area (Å²) in [5.41, 5.74) is 4.28. The quantitative estimate of drug-likeness (QED) is 0.558. The first kappa shape index (κ1) is 18.1. The first-order chi connectivity index (χ1) is 11.5. The molecule has 2 rings (SSSR count). The van der Waals surface area contributed by atoms with Gasteiger partial charge in [0.25, 0.3) is 0 Å². The number of hydrogen-bond acceptors (Lipinski definition) is 2. The Labute approximate surface area is 145 Å². The fraction of sp³-hybridized carbons (Fsp3) is 0.409. The number of esters is 1. The van der Waals surface area contributed by atoms with Gasteiger partial charge in [0.2, 0.25) is 0 Å². The van der Waals surface area contributed by atoms with Crippen molar-refractivity contribution in [2.75, 3.05) is 6.61 Å². The standard InChI is InChI=1S/C22H26O2/c1-5-24-21(23)19-14-8-6-12-18(19)13-7-9-15-20-17(2)11-10-16-22(20,3)4/h6,8-9,12,14-15H,5,10-11,16H2,1-4H3/b15-9+. The van der Waals surface area contributed by atoms with Crippen molar-refractivity contribution in [1.82, 2.24) is 0 Å². The van der Waals surface area contributed by atoms with Crippen LogP contribution in [0.4, 0.5) is 0 Å². The lowest BCUT2D eigenvalue weighted by molar-refractivity contribution is 0.0526. The minimum Gasteiger partial charge on any atom is -0.462 e. The smallest absolute Gasteiger partial charge is 0.339 e. The lowest BCUT2D eigenvalue weighted by atomic mass is 9.73. The zero-order valence-corrected chi connectivity index (χ0v) is 15.1. The van der Waals surface area contributed by atoms with Gasteiger partial charge < -0.3 is 4.74 Å². The highest BCUT2D eigenvalue weighted by Crippen LogP contribution is 2.40. The minimum absolute atomic E-state index is 0.212. The molecule has 0 atom stereocenters. The molecule has 0 unspecified atom stereocenters. The van der Waals surface area contributed by atoms with E-state index in [2.05, 4.69) is 38.7 Å². The molecule has 0 saturated carbocycles. The summed E-state index contributed by atoms with van der Waals surface area (Å²) in [6.07, 6.45) is 7.67. The van der Waals surface area contributed by atoms with Crippen LogP contribution >= 0.6 is 0 Å². The van der Waals surface area contributed by atoms with Crippen molar-refractivity contribution in [2.45, 2.75) is 47.0 Å². The molecule has 24 heavy (non-hydrogen) atoms. The van der Waals surface area contributed by atoms with Gasteiger partial charge in [-0.25, -0.2) is 4.79 Å². The zero-order chi connectivity index (χ0) is 17.6. The van der Waals surface area contributed by atoms with Crippen LogP contribution in [0.2, 0.25) is 0 Å². The predicted molar refractivity (Wildman–Crippen MR) is 98.7 cm³/mol. The maximum atomic E-state index is 12.0. The molecule has 1 aromatic carbocycles. The lowest BCUT2D eigenvalue weighted by Gasteiger charge is -2.32. The Morgan fingerprint density at radius 3 is 2.79 bits per heavy atom. The van der Waals surface area contributed by atoms with E-state index in [1.807, 2.05) is 24.3 Å². The van der Waals surface area contributed by atoms with Crippen LogP contribution in [-0.4, -0.2) is 12.6 Å². The third-order valence-corrected chi connectivity index (χ3v) is 4.51. The Balaban J connectivity index is 2.21. The molecule has 0 spiro atoms. The normalized spacial score (nSPS) is 16.7. The van der Waals surface area contributed by atoms with Gasteiger partial charge in [0, 0.05) is 5.56 Å². The van der Waals surface area contributed by atoms with Crippen LogP contribution in [0, 0.1) is 17.3 Å². The van der Waals surface area contributed by atoms with E-state index in [1.165, 1.54) is 30.4 Å². The van der Waals surface area contributed by atoms with Gasteiger partial charge in [-0.3, -0.25) is 0 Å². The van der Waals surface area contributed by atoms with E-state index in [1.54, 1.807) is 13.0 Å². The van der Waals surface area contributed by atoms with Gasteiger partial charge in [-0.2, -0.15) is 0 Å². The first-order valence-corrected chi connectivity index (χ1v) is 8.60. The molecule has 0 fully saturated rings. The molecule has 0 saturated heterocycles. The van der Waals surface area contributed by atoms with Crippen LogP contribution in [0.1, 0.15) is 62.9 Å². The fourth-order valence-corrected chi connectivity index (χ4v) is 3.23. The number of carbonyl (C=O) groups excluding carboxylic acids is 1. The Morgan fingerprint density at radius 1 is 1.33 bits per heavy atom. The Morgan fingerprint density at radius 2 is 2.08 bits per heavy atom. The van der Waals surface area contributed by atoms with Crippen molar-refractivity contribution in [2.24, 2.45) is 5.41 Å². The highest BCUT2D eigenvalue weighted by molar-refractivity contribution is 5.92. The summed E-state index contributed by atoms with van der Waals surface area (Å²) in [6, 6.07) is 7.31. The molecule has 0 N–H and O–H groups in total. The topological polar surface area (TPSA) is 26.3 Å². The number of benzene rings is 1. The summed E-state index contributed by atoms with van der Waals surface area (Å²) >= 11 is 0. The molecule has 0 bridgehead atoms. The van der Waals surface area contributed by atoms with E-state index in [4.69, 9.17) is 4.74 Å². The Kier molecular flexibility index (Phi) is 6.04. The molecule has 2 nitrogen and oxygen atoms in total. The van der Waals surface area contributed by atoms with Crippen LogP contribution in [-0.2, 0) is 4.74 Å². The van der Waals surface area contributed by atoms with E-state index in [0.29, 0.717) is 17.7 Å². The zero-order valence-electron chi connectivity index (χ0n) is 15.1. The van der Waals surface area contributed by atoms with Crippen LogP contribution in [0.5, 0.6) is 0 Å². The van der Waals surface area contributed by atoms with E-state index >= 15 is 0 Å². The number of allylic oxidation sites excluding steroid dienone is 4. The molecular formula is C22H26O2. The second-order valence-electron chi connectivity index (χ2n) is 6.80. The molecule has 0 heterocycles. The van der Waals surface area contributed by atoms with Crippen molar-refractivity contribution in [3.8, 4) is 11.8 Å². The van der Waals surface area contributed by atoms with Crippen molar-refractivity contribution in [1.29, 1.82) is 0 Å². The summed E-state index contributed by atoms with van der Waals surface area (Å²) in [5, 5.41) is 0. The summed E-state index contributed by atoms with van der Waals surface area (Å²) in [5.74, 6) is 5.83. The maximum absolute atomic E-state index is 12.0. The minimum atomic E-state index is -0.321. The molecule has 0 amide bonds. The highest BCUT2D eigenvalue weighted by atomic mass is 16.5. The summed E-state index contributed by atoms with van der Waals surface area (Å²) in [7, 11) is 0. The average Bonchev–Trinajstić information content (AvgIpc) is 2.54. The van der Waals surface area contributed by atoms with Crippen molar-refractivity contribution < 1.29 is 9.53 Å². The molecule has 1 aliphatic carbocycles. The van der Waals surface area contributed by atoms with Gasteiger partial charge in [-0.05, 0) is 62.3 Å². The molecule has 1 aromatic rings. The molecular weight excluding hydrogens is 296 g/mol. The molecule has 0 aliphatic heterocycles. The van der Waals surface area contributed by atoms with Crippen LogP contribution in [0.3, 0.4) is 0 Å². The third kappa shape index (κ3) is 4.38. The van der Waals surface area contributed by atoms with E-state index in [0.717, 1.165) is 0 Å². The molecule has 2 heteroatoms. The molecule has 1 aliphatic rings. The highest BCUT2D eigenvalue weighted by Gasteiger charge is 2.26. The fourth-order valence-electron chi connectivity index (χ4n) is 3.23. The van der Waals surface area contributed by atoms with E-state index < -0.39 is 0 Å². The molecule has 126 valence electrons. The second kappa shape index (κ2) is 8.02. The maximum Gasteiger partial charge on any atom is 0.339 e. The Hall–Kier alpha value is -2.27. The van der Waals surface area contributed by atoms with Gasteiger partial charge >= 0.3 is 5.97 Å². The first-order valence-electron chi connectivity index (χ1n) is 8.60. The van der Waals surface area contributed by atoms with Crippen LogP contribution in [0.15, 0.2) is 47.6 Å². The van der Waals surface area contributed by atoms with Gasteiger partial charge in [0.15, 0.2) is 0 Å². The van der Waals surface area contributed by atoms with Crippen LogP contribution in [0.25, 0.3) is 0 Å². The van der Waals surface area contributed by atoms with Gasteiger partial charge in [-0.1, -0.05) is 49.5 Å². The van der Waals surface area contributed by atoms with Crippen molar-refractivity contribution in [3.63, 3.8) is 0 Å². The molecule has 0 radical (unpaired) electrons. The Bertz CT molecular complexity index is 724. The SMILES string of the molecule is CCOC(=O)c1ccccc1C#C/C=C/C1=C(C)CCCC1(C)C. The van der Waals surface area contributed by atoms with Crippen LogP contribution < -0.4 is 0 Å². The summed E-state index contributed by atoms with van der Waals surface area (Å²) in [4.78, 5) is 12.0. The largest absolute Gasteiger partial charge is 0.462 e. The number of hydrogen-bond donors (Lipinski definition) is 0. The average molecular weight is 322 g/mol. The van der Waals surface area contributed by atoms with Gasteiger partial charge in [0.1, 0.15) is 0 Å². The second-order valence-corrected chi connectivity index (χ2v) is 6.80. The van der Waals surface area contributed by atoms with E-state index in [9.17, 15) is 4.79 Å². The number of rotatable bonds is 3. The monoisotopic (exact) mass is 322 g/mol. The number of ether oxygens (including phenoxy) is 1. The third-order valence-electron chi connectivity index (χ3n) is 4.51. The van der Waals surface area contributed by atoms with Gasteiger partial charge in [0.05, 0.1) is 12.2 Å². The van der Waals surface area contributed by atoms with Gasteiger partial charge in [-0.15, -0.1) is 0 Å². The summed E-state index contributed by atoms with van der Waals surface area (Å²) in [6.45, 7) is 8.96. The predicted octanol–water partition coefficient (Wildman–Crippen LogP) is 5.30. The summed E-state index contributed by atoms with van der Waals surface area (Å²) < 4.78 is 5.08. The number of carbonyl (C=O) groups is 1.